The van der Waals surface area contributed by atoms with E-state index in [1.807, 2.05) is 26.2 Å². The largest absolute Gasteiger partial charge is 0.309 e. The Morgan fingerprint density at radius 1 is 1.24 bits per heavy atom. The molecule has 0 aliphatic rings. The molecule has 2 aromatic heterocycles. The van der Waals surface area contributed by atoms with Crippen LogP contribution in [0.2, 0.25) is 5.02 Å². The van der Waals surface area contributed by atoms with Crippen LogP contribution in [-0.4, -0.2) is 52.5 Å². The van der Waals surface area contributed by atoms with Crippen LogP contribution in [0.1, 0.15) is 17.7 Å². The number of aromatic nitrogens is 3. The molecule has 0 fully saturated rings. The number of halogens is 1. The number of benzene rings is 1. The first-order valence-electron chi connectivity index (χ1n) is 9.30. The lowest BCUT2D eigenvalue weighted by Gasteiger charge is -2.21. The fourth-order valence-corrected chi connectivity index (χ4v) is 4.18. The number of anilines is 1. The molecule has 0 aliphatic heterocycles. The quantitative estimate of drug-likeness (QED) is 0.572. The van der Waals surface area contributed by atoms with Crippen molar-refractivity contribution in [1.29, 1.82) is 0 Å². The highest BCUT2D eigenvalue weighted by Crippen LogP contribution is 2.31. The number of hydrogen-bond donors (Lipinski definition) is 0. The van der Waals surface area contributed by atoms with Crippen LogP contribution >= 0.6 is 22.9 Å². The molecule has 0 aliphatic carbocycles. The molecule has 3 rings (SSSR count). The third-order valence-electron chi connectivity index (χ3n) is 4.68. The van der Waals surface area contributed by atoms with Crippen molar-refractivity contribution < 1.29 is 4.79 Å². The van der Waals surface area contributed by atoms with E-state index >= 15 is 0 Å². The van der Waals surface area contributed by atoms with Crippen molar-refractivity contribution >= 4 is 44.2 Å². The van der Waals surface area contributed by atoms with Gasteiger partial charge in [-0.3, -0.25) is 19.1 Å². The SMILES string of the molecule is Cc1ncn(CC(=O)N(CCCN(C)C)c2nc3ccc(Cl)cc3s2)c(=O)c1C. The summed E-state index contributed by atoms with van der Waals surface area (Å²) in [6.07, 6.45) is 2.22. The first-order valence-corrected chi connectivity index (χ1v) is 10.5. The van der Waals surface area contributed by atoms with Crippen LogP contribution < -0.4 is 10.5 Å². The normalized spacial score (nSPS) is 11.4. The van der Waals surface area contributed by atoms with Crippen molar-refractivity contribution in [1.82, 2.24) is 19.4 Å². The van der Waals surface area contributed by atoms with Crippen LogP contribution in [0, 0.1) is 13.8 Å². The Morgan fingerprint density at radius 3 is 2.72 bits per heavy atom. The third kappa shape index (κ3) is 5.01. The molecule has 0 spiro atoms. The monoisotopic (exact) mass is 433 g/mol. The van der Waals surface area contributed by atoms with Crippen LogP contribution in [0.15, 0.2) is 29.3 Å². The van der Waals surface area contributed by atoms with Gasteiger partial charge in [-0.25, -0.2) is 9.97 Å². The summed E-state index contributed by atoms with van der Waals surface area (Å²) in [5.41, 5.74) is 1.82. The zero-order valence-electron chi connectivity index (χ0n) is 17.0. The highest BCUT2D eigenvalue weighted by Gasteiger charge is 2.21. The van der Waals surface area contributed by atoms with Crippen molar-refractivity contribution in [2.75, 3.05) is 32.1 Å². The molecule has 3 aromatic rings. The van der Waals surface area contributed by atoms with Crippen molar-refractivity contribution in [3.8, 4) is 0 Å². The molecular formula is C20H24ClN5O2S. The van der Waals surface area contributed by atoms with Crippen molar-refractivity contribution in [3.63, 3.8) is 0 Å². The highest BCUT2D eigenvalue weighted by molar-refractivity contribution is 7.22. The van der Waals surface area contributed by atoms with Gasteiger partial charge in [0.05, 0.1) is 16.5 Å². The minimum Gasteiger partial charge on any atom is -0.309 e. The molecule has 0 atom stereocenters. The summed E-state index contributed by atoms with van der Waals surface area (Å²) in [5.74, 6) is -0.193. The van der Waals surface area contributed by atoms with E-state index in [0.29, 0.717) is 28.0 Å². The smallest absolute Gasteiger partial charge is 0.256 e. The van der Waals surface area contributed by atoms with Gasteiger partial charge in [0.25, 0.3) is 5.56 Å². The topological polar surface area (TPSA) is 71.3 Å². The number of thiazole rings is 1. The van der Waals surface area contributed by atoms with Gasteiger partial charge in [0.15, 0.2) is 5.13 Å². The Hall–Kier alpha value is -2.29. The zero-order chi connectivity index (χ0) is 21.1. The first-order chi connectivity index (χ1) is 13.8. The predicted octanol–water partition coefficient (Wildman–Crippen LogP) is 3.11. The summed E-state index contributed by atoms with van der Waals surface area (Å²) < 4.78 is 2.27. The number of fused-ring (bicyclic) bond motifs is 1. The molecule has 0 bridgehead atoms. The number of carbonyl (C=O) groups excluding carboxylic acids is 1. The third-order valence-corrected chi connectivity index (χ3v) is 5.96. The van der Waals surface area contributed by atoms with E-state index < -0.39 is 0 Å². The molecule has 154 valence electrons. The molecule has 1 aromatic carbocycles. The molecule has 0 saturated heterocycles. The van der Waals surface area contributed by atoms with Gasteiger partial charge in [-0.05, 0) is 59.1 Å². The first kappa shape index (κ1) is 21.4. The predicted molar refractivity (Wildman–Crippen MR) is 118 cm³/mol. The molecule has 7 nitrogen and oxygen atoms in total. The van der Waals surface area contributed by atoms with Crippen molar-refractivity contribution in [2.45, 2.75) is 26.8 Å². The summed E-state index contributed by atoms with van der Waals surface area (Å²) in [4.78, 5) is 38.2. The van der Waals surface area contributed by atoms with Gasteiger partial charge in [0, 0.05) is 22.8 Å². The van der Waals surface area contributed by atoms with Gasteiger partial charge < -0.3 is 4.90 Å². The van der Waals surface area contributed by atoms with E-state index in [9.17, 15) is 9.59 Å². The summed E-state index contributed by atoms with van der Waals surface area (Å²) in [7, 11) is 3.98. The lowest BCUT2D eigenvalue weighted by molar-refractivity contribution is -0.119. The van der Waals surface area contributed by atoms with Gasteiger partial charge >= 0.3 is 0 Å². The maximum absolute atomic E-state index is 13.1. The van der Waals surface area contributed by atoms with Gasteiger partial charge in [0.1, 0.15) is 6.54 Å². The molecule has 29 heavy (non-hydrogen) atoms. The fraction of sp³-hybridized carbons (Fsp3) is 0.400. The maximum Gasteiger partial charge on any atom is 0.256 e. The maximum atomic E-state index is 13.1. The van der Waals surface area contributed by atoms with Crippen LogP contribution in [0.25, 0.3) is 10.2 Å². The van der Waals surface area contributed by atoms with E-state index in [-0.39, 0.29) is 18.0 Å². The standard InChI is InChI=1S/C20H24ClN5O2S/c1-13-14(2)22-12-25(19(13)28)11-18(27)26(9-5-8-24(3)4)20-23-16-7-6-15(21)10-17(16)29-20/h6-7,10,12H,5,8-9,11H2,1-4H3. The second kappa shape index (κ2) is 9.02. The second-order valence-electron chi connectivity index (χ2n) is 7.20. The van der Waals surface area contributed by atoms with E-state index in [1.165, 1.54) is 22.2 Å². The van der Waals surface area contributed by atoms with E-state index in [0.717, 1.165) is 23.2 Å². The average molecular weight is 434 g/mol. The second-order valence-corrected chi connectivity index (χ2v) is 8.64. The van der Waals surface area contributed by atoms with Gasteiger partial charge in [0.2, 0.25) is 5.91 Å². The Balaban J connectivity index is 1.90. The summed E-state index contributed by atoms with van der Waals surface area (Å²) in [6, 6.07) is 5.47. The number of aryl methyl sites for hydroxylation is 1. The van der Waals surface area contributed by atoms with Crippen LogP contribution in [0.3, 0.4) is 0 Å². The lowest BCUT2D eigenvalue weighted by Crippen LogP contribution is -2.38. The Kier molecular flexibility index (Phi) is 6.66. The average Bonchev–Trinajstić information content (AvgIpc) is 3.08. The highest BCUT2D eigenvalue weighted by atomic mass is 35.5. The Labute approximate surface area is 178 Å². The Bertz CT molecular complexity index is 1090. The molecule has 0 saturated carbocycles. The van der Waals surface area contributed by atoms with Gasteiger partial charge in [-0.2, -0.15) is 0 Å². The van der Waals surface area contributed by atoms with Crippen molar-refractivity contribution in [2.24, 2.45) is 0 Å². The van der Waals surface area contributed by atoms with Crippen LogP contribution in [-0.2, 0) is 11.3 Å². The van der Waals surface area contributed by atoms with Gasteiger partial charge in [-0.1, -0.05) is 22.9 Å². The minimum absolute atomic E-state index is 0.0778. The van der Waals surface area contributed by atoms with Crippen LogP contribution in [0.4, 0.5) is 5.13 Å². The molecule has 9 heteroatoms. The molecule has 0 N–H and O–H groups in total. The molecular weight excluding hydrogens is 410 g/mol. The molecule has 2 heterocycles. The molecule has 0 unspecified atom stereocenters. The number of nitrogens with zero attached hydrogens (tertiary/aromatic N) is 5. The molecule has 1 amide bonds. The van der Waals surface area contributed by atoms with E-state index in [1.54, 1.807) is 24.8 Å². The zero-order valence-corrected chi connectivity index (χ0v) is 18.5. The number of carbonyl (C=O) groups is 1. The number of amides is 1. The fourth-order valence-electron chi connectivity index (χ4n) is 2.89. The van der Waals surface area contributed by atoms with Gasteiger partial charge in [-0.15, -0.1) is 0 Å². The summed E-state index contributed by atoms with van der Waals surface area (Å²) in [5, 5.41) is 1.24. The number of rotatable bonds is 7. The Morgan fingerprint density at radius 2 is 2.00 bits per heavy atom. The summed E-state index contributed by atoms with van der Waals surface area (Å²) >= 11 is 7.51. The summed E-state index contributed by atoms with van der Waals surface area (Å²) in [6.45, 7) is 4.77. The van der Waals surface area contributed by atoms with Crippen LogP contribution in [0.5, 0.6) is 0 Å². The van der Waals surface area contributed by atoms with E-state index in [4.69, 9.17) is 11.6 Å². The lowest BCUT2D eigenvalue weighted by atomic mass is 10.3. The molecule has 0 radical (unpaired) electrons. The van der Waals surface area contributed by atoms with Crippen molar-refractivity contribution in [3.05, 3.63) is 51.2 Å². The number of hydrogen-bond acceptors (Lipinski definition) is 6. The van der Waals surface area contributed by atoms with E-state index in [2.05, 4.69) is 14.9 Å². The minimum atomic E-state index is -0.199.